The summed E-state index contributed by atoms with van der Waals surface area (Å²) in [5.41, 5.74) is 2.74. The first-order valence-electron chi connectivity index (χ1n) is 8.68. The number of carbonyl (C=O) groups excluding carboxylic acids is 1. The van der Waals surface area contributed by atoms with Crippen LogP contribution in [0.2, 0.25) is 0 Å². The molecule has 1 aliphatic rings. The second-order valence-corrected chi connectivity index (χ2v) is 6.28. The van der Waals surface area contributed by atoms with E-state index >= 15 is 0 Å². The minimum Gasteiger partial charge on any atom is -0.486 e. The zero-order valence-corrected chi connectivity index (χ0v) is 15.3. The number of fused-ring (bicyclic) bond motifs is 1. The van der Waals surface area contributed by atoms with Crippen molar-refractivity contribution in [1.82, 2.24) is 5.32 Å². The van der Waals surface area contributed by atoms with E-state index in [1.165, 1.54) is 6.20 Å². The number of amides is 1. The summed E-state index contributed by atoms with van der Waals surface area (Å²) in [6, 6.07) is 15.0. The van der Waals surface area contributed by atoms with Gasteiger partial charge >= 0.3 is 0 Å². The van der Waals surface area contributed by atoms with E-state index < -0.39 is 5.91 Å². The van der Waals surface area contributed by atoms with E-state index in [2.05, 4.69) is 10.6 Å². The molecule has 2 aromatic carbocycles. The van der Waals surface area contributed by atoms with Gasteiger partial charge in [-0.3, -0.25) is 4.79 Å². The van der Waals surface area contributed by atoms with Gasteiger partial charge in [0, 0.05) is 11.9 Å². The van der Waals surface area contributed by atoms with Crippen molar-refractivity contribution in [3.05, 3.63) is 65.4 Å². The minimum atomic E-state index is -0.454. The van der Waals surface area contributed by atoms with Gasteiger partial charge in [-0.2, -0.15) is 5.26 Å². The molecule has 2 N–H and O–H groups in total. The van der Waals surface area contributed by atoms with E-state index in [9.17, 15) is 10.1 Å². The molecule has 6 heteroatoms. The van der Waals surface area contributed by atoms with Gasteiger partial charge in [0.1, 0.15) is 24.4 Å². The van der Waals surface area contributed by atoms with Crippen LogP contribution in [-0.4, -0.2) is 25.2 Å². The molecule has 0 spiro atoms. The van der Waals surface area contributed by atoms with E-state index in [0.29, 0.717) is 24.6 Å². The first-order chi connectivity index (χ1) is 13.1. The van der Waals surface area contributed by atoms with Crippen LogP contribution in [0.15, 0.2) is 54.2 Å². The van der Waals surface area contributed by atoms with Crippen molar-refractivity contribution in [3.8, 4) is 17.6 Å². The van der Waals surface area contributed by atoms with Gasteiger partial charge in [0.25, 0.3) is 5.91 Å². The van der Waals surface area contributed by atoms with Crippen LogP contribution in [-0.2, 0) is 4.79 Å². The summed E-state index contributed by atoms with van der Waals surface area (Å²) >= 11 is 0. The van der Waals surface area contributed by atoms with Crippen LogP contribution in [0.3, 0.4) is 0 Å². The Hall–Kier alpha value is -3.46. The van der Waals surface area contributed by atoms with E-state index in [-0.39, 0.29) is 11.7 Å². The highest BCUT2D eigenvalue weighted by molar-refractivity contribution is 6.06. The number of para-hydroxylation sites is 2. The van der Waals surface area contributed by atoms with Crippen molar-refractivity contribution in [2.24, 2.45) is 0 Å². The fourth-order valence-corrected chi connectivity index (χ4v) is 2.68. The third-order valence-corrected chi connectivity index (χ3v) is 4.38. The maximum atomic E-state index is 12.4. The Morgan fingerprint density at radius 1 is 1.22 bits per heavy atom. The third kappa shape index (κ3) is 4.39. The summed E-state index contributed by atoms with van der Waals surface area (Å²) in [5, 5.41) is 15.0. The van der Waals surface area contributed by atoms with Gasteiger partial charge in [-0.1, -0.05) is 24.3 Å². The number of nitrogens with zero attached hydrogens (tertiary/aromatic N) is 1. The number of rotatable bonds is 5. The SMILES string of the molecule is Cc1cccc(NC(=O)/C(C#N)=C\NCC2COc3ccccc3O2)c1C. The molecule has 0 fully saturated rings. The van der Waals surface area contributed by atoms with Gasteiger partial charge in [0.15, 0.2) is 11.5 Å². The second kappa shape index (κ2) is 8.28. The molecule has 0 bridgehead atoms. The quantitative estimate of drug-likeness (QED) is 0.630. The Kier molecular flexibility index (Phi) is 5.62. The highest BCUT2D eigenvalue weighted by Crippen LogP contribution is 2.30. The predicted molar refractivity (Wildman–Crippen MR) is 103 cm³/mol. The molecule has 0 saturated carbocycles. The number of nitrogens with one attached hydrogen (secondary N) is 2. The van der Waals surface area contributed by atoms with Crippen LogP contribution >= 0.6 is 0 Å². The molecule has 2 aromatic rings. The Bertz CT molecular complexity index is 915. The number of carbonyl (C=O) groups is 1. The lowest BCUT2D eigenvalue weighted by Gasteiger charge is -2.26. The number of anilines is 1. The molecule has 0 saturated heterocycles. The van der Waals surface area contributed by atoms with Crippen molar-refractivity contribution in [1.29, 1.82) is 5.26 Å². The number of nitriles is 1. The van der Waals surface area contributed by atoms with Gasteiger partial charge in [0.2, 0.25) is 0 Å². The third-order valence-electron chi connectivity index (χ3n) is 4.38. The lowest BCUT2D eigenvalue weighted by atomic mass is 10.1. The topological polar surface area (TPSA) is 83.4 Å². The van der Waals surface area contributed by atoms with E-state index in [4.69, 9.17) is 9.47 Å². The maximum absolute atomic E-state index is 12.4. The molecular formula is C21H21N3O3. The summed E-state index contributed by atoms with van der Waals surface area (Å²) in [7, 11) is 0. The monoisotopic (exact) mass is 363 g/mol. The lowest BCUT2D eigenvalue weighted by molar-refractivity contribution is -0.112. The summed E-state index contributed by atoms with van der Waals surface area (Å²) in [4.78, 5) is 12.4. The number of hydrogen-bond acceptors (Lipinski definition) is 5. The molecule has 3 rings (SSSR count). The van der Waals surface area contributed by atoms with Crippen LogP contribution in [0.4, 0.5) is 5.69 Å². The summed E-state index contributed by atoms with van der Waals surface area (Å²) in [5.74, 6) is 0.951. The van der Waals surface area contributed by atoms with Gasteiger partial charge in [0.05, 0.1) is 6.54 Å². The molecule has 0 aromatic heterocycles. The van der Waals surface area contributed by atoms with Crippen molar-refractivity contribution in [3.63, 3.8) is 0 Å². The van der Waals surface area contributed by atoms with Gasteiger partial charge in [-0.25, -0.2) is 0 Å². The van der Waals surface area contributed by atoms with Crippen LogP contribution in [0.1, 0.15) is 11.1 Å². The van der Waals surface area contributed by atoms with Crippen LogP contribution in [0, 0.1) is 25.2 Å². The fourth-order valence-electron chi connectivity index (χ4n) is 2.68. The van der Waals surface area contributed by atoms with Crippen LogP contribution in [0.25, 0.3) is 0 Å². The van der Waals surface area contributed by atoms with Crippen molar-refractivity contribution in [2.75, 3.05) is 18.5 Å². The normalized spacial score (nSPS) is 15.6. The number of hydrogen-bond donors (Lipinski definition) is 2. The van der Waals surface area contributed by atoms with Crippen molar-refractivity contribution >= 4 is 11.6 Å². The lowest BCUT2D eigenvalue weighted by Crippen LogP contribution is -2.37. The minimum absolute atomic E-state index is 0.00645. The summed E-state index contributed by atoms with van der Waals surface area (Å²) in [6.07, 6.45) is 1.20. The molecule has 138 valence electrons. The molecule has 1 aliphatic heterocycles. The van der Waals surface area contributed by atoms with Crippen molar-refractivity contribution in [2.45, 2.75) is 20.0 Å². The standard InChI is InChI=1S/C21H21N3O3/c1-14-6-5-7-18(15(14)2)24-21(25)16(10-22)11-23-12-17-13-26-19-8-3-4-9-20(19)27-17/h3-9,11,17,23H,12-13H2,1-2H3,(H,24,25)/b16-11-. The zero-order chi connectivity index (χ0) is 19.2. The molecule has 6 nitrogen and oxygen atoms in total. The highest BCUT2D eigenvalue weighted by Gasteiger charge is 2.20. The molecule has 1 unspecified atom stereocenters. The fraction of sp³-hybridized carbons (Fsp3) is 0.238. The van der Waals surface area contributed by atoms with Gasteiger partial charge < -0.3 is 20.1 Å². The average Bonchev–Trinajstić information content (AvgIpc) is 2.68. The Morgan fingerprint density at radius 3 is 2.78 bits per heavy atom. The maximum Gasteiger partial charge on any atom is 0.267 e. The molecule has 1 amide bonds. The average molecular weight is 363 g/mol. The predicted octanol–water partition coefficient (Wildman–Crippen LogP) is 3.08. The molecule has 1 heterocycles. The molecule has 27 heavy (non-hydrogen) atoms. The molecule has 0 aliphatic carbocycles. The summed E-state index contributed by atoms with van der Waals surface area (Å²) in [6.45, 7) is 4.71. The number of ether oxygens (including phenoxy) is 2. The zero-order valence-electron chi connectivity index (χ0n) is 15.3. The molecule has 1 atom stereocenters. The first kappa shape index (κ1) is 18.3. The van der Waals surface area contributed by atoms with Crippen LogP contribution < -0.4 is 20.1 Å². The smallest absolute Gasteiger partial charge is 0.267 e. The van der Waals surface area contributed by atoms with Gasteiger partial charge in [-0.05, 0) is 43.2 Å². The Morgan fingerprint density at radius 2 is 2.00 bits per heavy atom. The summed E-state index contributed by atoms with van der Waals surface area (Å²) < 4.78 is 11.5. The van der Waals surface area contributed by atoms with Crippen molar-refractivity contribution < 1.29 is 14.3 Å². The van der Waals surface area contributed by atoms with E-state index in [1.807, 2.05) is 62.4 Å². The Labute approximate surface area is 158 Å². The largest absolute Gasteiger partial charge is 0.486 e. The molecule has 0 radical (unpaired) electrons. The molecular weight excluding hydrogens is 342 g/mol. The van der Waals surface area contributed by atoms with E-state index in [0.717, 1.165) is 16.9 Å². The van der Waals surface area contributed by atoms with Crippen LogP contribution in [0.5, 0.6) is 11.5 Å². The first-order valence-corrected chi connectivity index (χ1v) is 8.68. The highest BCUT2D eigenvalue weighted by atomic mass is 16.6. The van der Waals surface area contributed by atoms with Gasteiger partial charge in [-0.15, -0.1) is 0 Å². The number of aryl methyl sites for hydroxylation is 1. The number of benzene rings is 2. The Balaban J connectivity index is 1.58. The van der Waals surface area contributed by atoms with E-state index in [1.54, 1.807) is 0 Å². The second-order valence-electron chi connectivity index (χ2n) is 6.28.